The monoisotopic (exact) mass is 305 g/mol. The Balaban J connectivity index is 1.78. The van der Waals surface area contributed by atoms with E-state index in [1.54, 1.807) is 0 Å². The number of para-hydroxylation sites is 1. The average molecular weight is 305 g/mol. The molecule has 22 heavy (non-hydrogen) atoms. The predicted molar refractivity (Wildman–Crippen MR) is 77.9 cm³/mol. The van der Waals surface area contributed by atoms with Crippen LogP contribution in [0.15, 0.2) is 24.3 Å². The summed E-state index contributed by atoms with van der Waals surface area (Å²) in [4.78, 5) is 23.8. The summed E-state index contributed by atoms with van der Waals surface area (Å²) in [5, 5.41) is 12.0. The number of amides is 1. The van der Waals surface area contributed by atoms with Gasteiger partial charge in [-0.15, -0.1) is 0 Å². The number of carbonyl (C=O) groups excluding carboxylic acids is 1. The molecule has 0 spiro atoms. The smallest absolute Gasteiger partial charge is 0.305 e. The Morgan fingerprint density at radius 1 is 1.32 bits per heavy atom. The van der Waals surface area contributed by atoms with Gasteiger partial charge in [-0.1, -0.05) is 18.2 Å². The number of aliphatic carboxylic acids is 1. The number of hydrogen-bond donors (Lipinski definition) is 2. The first-order chi connectivity index (χ1) is 10.6. The Bertz CT molecular complexity index is 580. The van der Waals surface area contributed by atoms with Crippen molar-refractivity contribution in [2.75, 3.05) is 19.8 Å². The van der Waals surface area contributed by atoms with Gasteiger partial charge in [0.1, 0.15) is 5.75 Å². The van der Waals surface area contributed by atoms with Crippen LogP contribution in [0.3, 0.4) is 0 Å². The number of carbonyl (C=O) groups is 2. The van der Waals surface area contributed by atoms with Crippen LogP contribution in [0.1, 0.15) is 30.7 Å². The molecule has 0 radical (unpaired) electrons. The maximum atomic E-state index is 12.7. The second-order valence-electron chi connectivity index (χ2n) is 5.87. The maximum Gasteiger partial charge on any atom is 0.305 e. The Morgan fingerprint density at radius 2 is 2.14 bits per heavy atom. The molecular formula is C16H19NO5. The molecule has 0 aromatic heterocycles. The van der Waals surface area contributed by atoms with Crippen molar-refractivity contribution in [3.05, 3.63) is 29.8 Å². The van der Waals surface area contributed by atoms with Crippen molar-refractivity contribution in [3.63, 3.8) is 0 Å². The van der Waals surface area contributed by atoms with E-state index >= 15 is 0 Å². The minimum atomic E-state index is -0.932. The molecule has 118 valence electrons. The molecule has 2 atom stereocenters. The molecule has 0 saturated carbocycles. The Hall–Kier alpha value is -2.08. The molecule has 3 rings (SSSR count). The first-order valence-corrected chi connectivity index (χ1v) is 7.43. The second kappa shape index (κ2) is 5.96. The van der Waals surface area contributed by atoms with Crippen molar-refractivity contribution in [3.8, 4) is 5.75 Å². The van der Waals surface area contributed by atoms with E-state index in [9.17, 15) is 9.59 Å². The highest BCUT2D eigenvalue weighted by Gasteiger charge is 2.40. The van der Waals surface area contributed by atoms with Crippen molar-refractivity contribution < 1.29 is 24.2 Å². The van der Waals surface area contributed by atoms with Crippen LogP contribution in [-0.4, -0.2) is 42.3 Å². The van der Waals surface area contributed by atoms with E-state index in [-0.39, 0.29) is 24.9 Å². The van der Waals surface area contributed by atoms with Gasteiger partial charge in [0.05, 0.1) is 31.1 Å². The quantitative estimate of drug-likeness (QED) is 0.876. The van der Waals surface area contributed by atoms with Crippen LogP contribution in [0, 0.1) is 0 Å². The van der Waals surface area contributed by atoms with Crippen LogP contribution in [0.25, 0.3) is 0 Å². The number of rotatable bonds is 4. The molecule has 2 unspecified atom stereocenters. The fourth-order valence-corrected chi connectivity index (χ4v) is 3.14. The standard InChI is InChI=1S/C16H19NO5/c18-14(19)9-16(6-8-21-10-16)17-15(20)12-5-7-22-13-4-2-1-3-11(12)13/h1-4,12H,5-10H2,(H,17,20)(H,18,19). The minimum absolute atomic E-state index is 0.121. The van der Waals surface area contributed by atoms with Crippen molar-refractivity contribution >= 4 is 11.9 Å². The van der Waals surface area contributed by atoms with E-state index in [1.165, 1.54) is 0 Å². The fourth-order valence-electron chi connectivity index (χ4n) is 3.14. The summed E-state index contributed by atoms with van der Waals surface area (Å²) in [6.07, 6.45) is 0.992. The zero-order valence-corrected chi connectivity index (χ0v) is 12.2. The van der Waals surface area contributed by atoms with Gasteiger partial charge in [-0.3, -0.25) is 9.59 Å². The van der Waals surface area contributed by atoms with E-state index in [1.807, 2.05) is 24.3 Å². The van der Waals surface area contributed by atoms with Gasteiger partial charge >= 0.3 is 5.97 Å². The molecule has 2 aliphatic heterocycles. The third kappa shape index (κ3) is 2.92. The first kappa shape index (κ1) is 14.8. The number of ether oxygens (including phenoxy) is 2. The summed E-state index contributed by atoms with van der Waals surface area (Å²) >= 11 is 0. The zero-order valence-electron chi connectivity index (χ0n) is 12.2. The summed E-state index contributed by atoms with van der Waals surface area (Å²) in [6.45, 7) is 1.20. The van der Waals surface area contributed by atoms with Crippen LogP contribution in [0.2, 0.25) is 0 Å². The summed E-state index contributed by atoms with van der Waals surface area (Å²) in [5.41, 5.74) is 0.0616. The van der Waals surface area contributed by atoms with Gasteiger partial charge in [0, 0.05) is 12.2 Å². The van der Waals surface area contributed by atoms with Gasteiger partial charge in [-0.05, 0) is 18.9 Å². The van der Waals surface area contributed by atoms with Gasteiger partial charge in [-0.2, -0.15) is 0 Å². The molecule has 2 heterocycles. The molecule has 2 aliphatic rings. The highest BCUT2D eigenvalue weighted by atomic mass is 16.5. The van der Waals surface area contributed by atoms with E-state index in [0.29, 0.717) is 26.1 Å². The van der Waals surface area contributed by atoms with Gasteiger partial charge in [0.2, 0.25) is 5.91 Å². The van der Waals surface area contributed by atoms with Crippen molar-refractivity contribution in [1.29, 1.82) is 0 Å². The number of hydrogen-bond acceptors (Lipinski definition) is 4. The Labute approximate surface area is 128 Å². The average Bonchev–Trinajstić information content (AvgIpc) is 2.93. The third-order valence-electron chi connectivity index (χ3n) is 4.26. The summed E-state index contributed by atoms with van der Waals surface area (Å²) in [7, 11) is 0. The third-order valence-corrected chi connectivity index (χ3v) is 4.26. The van der Waals surface area contributed by atoms with E-state index in [0.717, 1.165) is 11.3 Å². The minimum Gasteiger partial charge on any atom is -0.493 e. The van der Waals surface area contributed by atoms with E-state index < -0.39 is 11.5 Å². The van der Waals surface area contributed by atoms with Crippen LogP contribution >= 0.6 is 0 Å². The van der Waals surface area contributed by atoms with Crippen molar-refractivity contribution in [2.24, 2.45) is 0 Å². The molecule has 0 aliphatic carbocycles. The molecule has 1 aromatic rings. The van der Waals surface area contributed by atoms with Crippen LogP contribution in [0.4, 0.5) is 0 Å². The maximum absolute atomic E-state index is 12.7. The highest BCUT2D eigenvalue weighted by Crippen LogP contribution is 2.34. The number of carboxylic acid groups (broad SMARTS) is 1. The number of carboxylic acids is 1. The molecule has 2 N–H and O–H groups in total. The molecule has 6 heteroatoms. The molecule has 1 fully saturated rings. The fraction of sp³-hybridized carbons (Fsp3) is 0.500. The van der Waals surface area contributed by atoms with Crippen molar-refractivity contribution in [2.45, 2.75) is 30.7 Å². The SMILES string of the molecule is O=C(O)CC1(NC(=O)C2CCOc3ccccc32)CCOC1. The Kier molecular flexibility index (Phi) is 4.02. The van der Waals surface area contributed by atoms with Crippen LogP contribution in [-0.2, 0) is 14.3 Å². The topological polar surface area (TPSA) is 84.9 Å². The van der Waals surface area contributed by atoms with Gasteiger partial charge in [-0.25, -0.2) is 0 Å². The lowest BCUT2D eigenvalue weighted by Crippen LogP contribution is -2.52. The molecule has 1 amide bonds. The Morgan fingerprint density at radius 3 is 2.86 bits per heavy atom. The first-order valence-electron chi connectivity index (χ1n) is 7.43. The van der Waals surface area contributed by atoms with E-state index in [2.05, 4.69) is 5.32 Å². The lowest BCUT2D eigenvalue weighted by atomic mass is 9.89. The molecule has 0 bridgehead atoms. The van der Waals surface area contributed by atoms with Crippen LogP contribution < -0.4 is 10.1 Å². The number of nitrogens with one attached hydrogen (secondary N) is 1. The zero-order chi connectivity index (χ0) is 15.6. The summed E-state index contributed by atoms with van der Waals surface area (Å²) in [5.74, 6) is -0.666. The predicted octanol–water partition coefficient (Wildman–Crippen LogP) is 1.30. The number of benzene rings is 1. The van der Waals surface area contributed by atoms with Gasteiger partial charge < -0.3 is 19.9 Å². The largest absolute Gasteiger partial charge is 0.493 e. The van der Waals surface area contributed by atoms with Crippen molar-refractivity contribution in [1.82, 2.24) is 5.32 Å². The van der Waals surface area contributed by atoms with Gasteiger partial charge in [0.15, 0.2) is 0 Å². The van der Waals surface area contributed by atoms with Crippen LogP contribution in [0.5, 0.6) is 5.75 Å². The van der Waals surface area contributed by atoms with E-state index in [4.69, 9.17) is 14.6 Å². The summed E-state index contributed by atoms with van der Waals surface area (Å²) < 4.78 is 10.9. The second-order valence-corrected chi connectivity index (χ2v) is 5.87. The molecule has 1 saturated heterocycles. The highest BCUT2D eigenvalue weighted by molar-refractivity contribution is 5.86. The molecular weight excluding hydrogens is 286 g/mol. The molecule has 6 nitrogen and oxygen atoms in total. The summed E-state index contributed by atoms with van der Waals surface area (Å²) in [6, 6.07) is 7.48. The lowest BCUT2D eigenvalue weighted by molar-refractivity contribution is -0.139. The van der Waals surface area contributed by atoms with Gasteiger partial charge in [0.25, 0.3) is 0 Å². The number of fused-ring (bicyclic) bond motifs is 1. The lowest BCUT2D eigenvalue weighted by Gasteiger charge is -2.31. The molecule has 1 aromatic carbocycles. The normalized spacial score (nSPS) is 26.8.